The second-order valence-corrected chi connectivity index (χ2v) is 4.33. The van der Waals surface area contributed by atoms with E-state index in [1.807, 2.05) is 31.2 Å². The predicted molar refractivity (Wildman–Crippen MR) is 83.0 cm³/mol. The van der Waals surface area contributed by atoms with Gasteiger partial charge in [0.2, 0.25) is 0 Å². The highest BCUT2D eigenvalue weighted by atomic mass is 32.1. The molecule has 2 aromatic rings. The number of aromatic nitrogens is 1. The molecule has 0 atom stereocenters. The van der Waals surface area contributed by atoms with Crippen LogP contribution < -0.4 is 9.47 Å². The number of rotatable bonds is 5. The lowest BCUT2D eigenvalue weighted by molar-refractivity contribution is 0.338. The third-order valence-corrected chi connectivity index (χ3v) is 3.08. The lowest BCUT2D eigenvalue weighted by atomic mass is 10.1. The molecule has 0 aliphatic rings. The average molecular weight is 285 g/mol. The molecule has 0 unspecified atom stereocenters. The van der Waals surface area contributed by atoms with Crippen LogP contribution in [0.15, 0.2) is 36.5 Å². The van der Waals surface area contributed by atoms with E-state index in [9.17, 15) is 0 Å². The summed E-state index contributed by atoms with van der Waals surface area (Å²) in [6.07, 6.45) is 9.18. The van der Waals surface area contributed by atoms with Gasteiger partial charge < -0.3 is 9.47 Å². The first-order valence-corrected chi connectivity index (χ1v) is 6.87. The van der Waals surface area contributed by atoms with E-state index < -0.39 is 0 Å². The molecule has 1 heterocycles. The molecule has 1 aromatic heterocycles. The highest BCUT2D eigenvalue weighted by molar-refractivity contribution is 7.79. The maximum atomic E-state index is 5.45. The fraction of sp³-hybridized carbons (Fsp3) is 0.188. The van der Waals surface area contributed by atoms with Crippen molar-refractivity contribution in [3.8, 4) is 35.3 Å². The third kappa shape index (κ3) is 3.25. The van der Waals surface area contributed by atoms with Crippen molar-refractivity contribution < 1.29 is 9.47 Å². The van der Waals surface area contributed by atoms with E-state index in [0.717, 1.165) is 16.8 Å². The van der Waals surface area contributed by atoms with Crippen molar-refractivity contribution in [3.05, 3.63) is 42.1 Å². The molecule has 0 saturated heterocycles. The smallest absolute Gasteiger partial charge is 0.153 e. The Labute approximate surface area is 124 Å². The third-order valence-electron chi connectivity index (χ3n) is 2.72. The van der Waals surface area contributed by atoms with E-state index >= 15 is 0 Å². The molecule has 0 spiro atoms. The van der Waals surface area contributed by atoms with Crippen LogP contribution in [0.3, 0.4) is 0 Å². The lowest BCUT2D eigenvalue weighted by Crippen LogP contribution is -1.95. The summed E-state index contributed by atoms with van der Waals surface area (Å²) in [6.45, 7) is 2.51. The minimum atomic E-state index is 0.558. The van der Waals surface area contributed by atoms with Crippen LogP contribution in [0.1, 0.15) is 12.5 Å². The van der Waals surface area contributed by atoms with Gasteiger partial charge in [-0.3, -0.25) is 4.98 Å². The summed E-state index contributed by atoms with van der Waals surface area (Å²) in [5.41, 5.74) is 2.71. The minimum absolute atomic E-state index is 0.558. The fourth-order valence-electron chi connectivity index (χ4n) is 1.84. The molecule has 2 rings (SSSR count). The maximum absolute atomic E-state index is 5.45. The number of hydrogen-bond acceptors (Lipinski definition) is 4. The summed E-state index contributed by atoms with van der Waals surface area (Å²) in [6, 6.07) is 9.42. The van der Waals surface area contributed by atoms with Crippen LogP contribution in [0, 0.1) is 12.5 Å². The van der Waals surface area contributed by atoms with Crippen molar-refractivity contribution in [1.29, 1.82) is 0 Å². The van der Waals surface area contributed by atoms with E-state index in [2.05, 4.69) is 23.7 Å². The Morgan fingerprint density at radius 2 is 2.15 bits per heavy atom. The van der Waals surface area contributed by atoms with Crippen molar-refractivity contribution in [1.82, 2.24) is 4.98 Å². The molecule has 0 fully saturated rings. The SMILES string of the molecule is C#COc1cc(OCC)ccc1-c1cc(CS)ccn1. The van der Waals surface area contributed by atoms with Crippen LogP contribution in [-0.2, 0) is 5.75 Å². The van der Waals surface area contributed by atoms with Crippen molar-refractivity contribution in [2.45, 2.75) is 12.7 Å². The van der Waals surface area contributed by atoms with Crippen molar-refractivity contribution >= 4 is 12.6 Å². The van der Waals surface area contributed by atoms with Gasteiger partial charge >= 0.3 is 0 Å². The van der Waals surface area contributed by atoms with Crippen molar-refractivity contribution in [2.75, 3.05) is 6.61 Å². The topological polar surface area (TPSA) is 31.4 Å². The normalized spacial score (nSPS) is 9.85. The molecule has 1 aromatic carbocycles. The van der Waals surface area contributed by atoms with Gasteiger partial charge in [-0.15, -0.1) is 0 Å². The number of thiol groups is 1. The van der Waals surface area contributed by atoms with E-state index in [1.54, 1.807) is 12.3 Å². The Bertz CT molecular complexity index is 635. The highest BCUT2D eigenvalue weighted by Crippen LogP contribution is 2.32. The molecule has 0 radical (unpaired) electrons. The van der Waals surface area contributed by atoms with Gasteiger partial charge in [0.15, 0.2) is 5.75 Å². The van der Waals surface area contributed by atoms with Crippen LogP contribution in [-0.4, -0.2) is 11.6 Å². The Kier molecular flexibility index (Phi) is 4.91. The first kappa shape index (κ1) is 14.3. The molecule has 20 heavy (non-hydrogen) atoms. The predicted octanol–water partition coefficient (Wildman–Crippen LogP) is 3.55. The number of nitrogens with zero attached hydrogens (tertiary/aromatic N) is 1. The summed E-state index contributed by atoms with van der Waals surface area (Å²) in [5, 5.41) is 0. The minimum Gasteiger partial charge on any atom is -0.494 e. The van der Waals surface area contributed by atoms with Crippen LogP contribution in [0.5, 0.6) is 11.5 Å². The van der Waals surface area contributed by atoms with Gasteiger partial charge in [-0.1, -0.05) is 6.42 Å². The molecule has 3 nitrogen and oxygen atoms in total. The number of pyridine rings is 1. The highest BCUT2D eigenvalue weighted by Gasteiger charge is 2.10. The zero-order valence-corrected chi connectivity index (χ0v) is 12.1. The zero-order valence-electron chi connectivity index (χ0n) is 11.2. The number of hydrogen-bond donors (Lipinski definition) is 1. The standard InChI is InChI=1S/C16H15NO2S/c1-3-18-13-5-6-14(16(10-13)19-4-2)15-9-12(11-20)7-8-17-15/h2,5-10,20H,3,11H2,1H3. The number of ether oxygens (including phenoxy) is 2. The molecular weight excluding hydrogens is 270 g/mol. The number of terminal acetylenes is 1. The molecule has 0 bridgehead atoms. The Hall–Kier alpha value is -2.12. The first-order valence-electron chi connectivity index (χ1n) is 6.24. The summed E-state index contributed by atoms with van der Waals surface area (Å²) in [7, 11) is 0. The quantitative estimate of drug-likeness (QED) is 0.673. The van der Waals surface area contributed by atoms with Crippen molar-refractivity contribution in [3.63, 3.8) is 0 Å². The van der Waals surface area contributed by atoms with Gasteiger partial charge in [-0.05, 0) is 36.8 Å². The van der Waals surface area contributed by atoms with Crippen LogP contribution in [0.2, 0.25) is 0 Å². The molecular formula is C16H15NO2S. The molecule has 102 valence electrons. The molecule has 0 aliphatic heterocycles. The lowest BCUT2D eigenvalue weighted by Gasteiger charge is -2.10. The van der Waals surface area contributed by atoms with Gasteiger partial charge in [0.25, 0.3) is 0 Å². The molecule has 0 amide bonds. The average Bonchev–Trinajstić information content (AvgIpc) is 2.48. The molecule has 0 saturated carbocycles. The van der Waals surface area contributed by atoms with E-state index in [0.29, 0.717) is 23.9 Å². The number of benzene rings is 1. The molecule has 4 heteroatoms. The Morgan fingerprint density at radius 1 is 1.30 bits per heavy atom. The summed E-state index contributed by atoms with van der Waals surface area (Å²) in [4.78, 5) is 4.35. The van der Waals surface area contributed by atoms with Gasteiger partial charge in [-0.25, -0.2) is 0 Å². The summed E-state index contributed by atoms with van der Waals surface area (Å²) >= 11 is 4.27. The Balaban J connectivity index is 2.46. The largest absolute Gasteiger partial charge is 0.494 e. The van der Waals surface area contributed by atoms with Crippen LogP contribution in [0.25, 0.3) is 11.3 Å². The first-order chi connectivity index (χ1) is 9.78. The van der Waals surface area contributed by atoms with E-state index in [-0.39, 0.29) is 0 Å². The van der Waals surface area contributed by atoms with Gasteiger partial charge in [0, 0.05) is 23.6 Å². The maximum Gasteiger partial charge on any atom is 0.153 e. The molecule has 0 aliphatic carbocycles. The monoisotopic (exact) mass is 285 g/mol. The van der Waals surface area contributed by atoms with Crippen LogP contribution in [0.4, 0.5) is 0 Å². The summed E-state index contributed by atoms with van der Waals surface area (Å²) < 4.78 is 10.7. The zero-order chi connectivity index (χ0) is 14.4. The summed E-state index contributed by atoms with van der Waals surface area (Å²) in [5.74, 6) is 1.92. The van der Waals surface area contributed by atoms with Gasteiger partial charge in [-0.2, -0.15) is 12.6 Å². The van der Waals surface area contributed by atoms with E-state index in [1.165, 1.54) is 0 Å². The Morgan fingerprint density at radius 3 is 2.85 bits per heavy atom. The van der Waals surface area contributed by atoms with Gasteiger partial charge in [0.05, 0.1) is 12.3 Å². The van der Waals surface area contributed by atoms with Crippen molar-refractivity contribution in [2.24, 2.45) is 0 Å². The van der Waals surface area contributed by atoms with Gasteiger partial charge in [0.1, 0.15) is 11.9 Å². The van der Waals surface area contributed by atoms with Crippen LogP contribution >= 0.6 is 12.6 Å². The van der Waals surface area contributed by atoms with E-state index in [4.69, 9.17) is 15.9 Å². The molecule has 0 N–H and O–H groups in total. The second kappa shape index (κ2) is 6.88. The second-order valence-electron chi connectivity index (χ2n) is 4.02. The fourth-order valence-corrected chi connectivity index (χ4v) is 2.04.